The van der Waals surface area contributed by atoms with Crippen molar-refractivity contribution < 1.29 is 9.84 Å². The number of nitrogens with zero attached hydrogens (tertiary/aromatic N) is 1. The molecule has 0 aromatic heterocycles. The lowest BCUT2D eigenvalue weighted by Crippen LogP contribution is -2.24. The van der Waals surface area contributed by atoms with Crippen LogP contribution >= 0.6 is 0 Å². The van der Waals surface area contributed by atoms with E-state index in [9.17, 15) is 5.11 Å². The third-order valence-corrected chi connectivity index (χ3v) is 4.02. The van der Waals surface area contributed by atoms with Crippen molar-refractivity contribution in [3.8, 4) is 5.75 Å². The molecule has 1 aliphatic rings. The molecule has 0 saturated carbocycles. The Bertz CT molecular complexity index is 415. The average molecular weight is 278 g/mol. The summed E-state index contributed by atoms with van der Waals surface area (Å²) in [7, 11) is 1.70. The molecule has 4 heteroatoms. The van der Waals surface area contributed by atoms with E-state index in [2.05, 4.69) is 11.0 Å². The molecule has 2 rings (SSSR count). The fourth-order valence-electron chi connectivity index (χ4n) is 2.79. The number of aliphatic hydroxyl groups is 1. The van der Waals surface area contributed by atoms with Crippen molar-refractivity contribution in [2.45, 2.75) is 38.3 Å². The SMILES string of the molecule is COc1ccc([C@H](N)CO)cc1CN1CCCCCC1. The lowest BCUT2D eigenvalue weighted by molar-refractivity contribution is 0.265. The molecule has 112 valence electrons. The summed E-state index contributed by atoms with van der Waals surface area (Å²) >= 11 is 0. The number of methoxy groups -OCH3 is 1. The van der Waals surface area contributed by atoms with Gasteiger partial charge >= 0.3 is 0 Å². The van der Waals surface area contributed by atoms with E-state index in [1.165, 1.54) is 25.7 Å². The van der Waals surface area contributed by atoms with Crippen LogP contribution in [-0.4, -0.2) is 36.8 Å². The average Bonchev–Trinajstić information content (AvgIpc) is 2.75. The molecule has 1 aromatic carbocycles. The fourth-order valence-corrected chi connectivity index (χ4v) is 2.79. The van der Waals surface area contributed by atoms with Crippen LogP contribution in [0, 0.1) is 0 Å². The number of hydrogen-bond acceptors (Lipinski definition) is 4. The van der Waals surface area contributed by atoms with Gasteiger partial charge in [-0.25, -0.2) is 0 Å². The number of aliphatic hydroxyl groups excluding tert-OH is 1. The minimum absolute atomic E-state index is 0.0323. The van der Waals surface area contributed by atoms with Crippen molar-refractivity contribution >= 4 is 0 Å². The Morgan fingerprint density at radius 3 is 2.55 bits per heavy atom. The van der Waals surface area contributed by atoms with Gasteiger partial charge in [-0.1, -0.05) is 18.9 Å². The number of benzene rings is 1. The zero-order valence-electron chi connectivity index (χ0n) is 12.3. The topological polar surface area (TPSA) is 58.7 Å². The first-order valence-corrected chi connectivity index (χ1v) is 7.50. The molecular formula is C16H26N2O2. The molecule has 4 nitrogen and oxygen atoms in total. The smallest absolute Gasteiger partial charge is 0.123 e. The maximum atomic E-state index is 9.20. The van der Waals surface area contributed by atoms with Gasteiger partial charge in [-0.3, -0.25) is 4.90 Å². The second-order valence-electron chi connectivity index (χ2n) is 5.55. The van der Waals surface area contributed by atoms with E-state index in [1.54, 1.807) is 7.11 Å². The third-order valence-electron chi connectivity index (χ3n) is 4.02. The standard InChI is InChI=1S/C16H26N2O2/c1-20-16-7-6-13(15(17)12-19)10-14(16)11-18-8-4-2-3-5-9-18/h6-7,10,15,19H,2-5,8-9,11-12,17H2,1H3/t15-/m1/s1. The predicted molar refractivity (Wildman–Crippen MR) is 80.8 cm³/mol. The molecule has 1 aromatic rings. The largest absolute Gasteiger partial charge is 0.496 e. The first-order chi connectivity index (χ1) is 9.74. The molecule has 0 aliphatic carbocycles. The molecule has 3 N–H and O–H groups in total. The maximum Gasteiger partial charge on any atom is 0.123 e. The second kappa shape index (κ2) is 7.62. The van der Waals surface area contributed by atoms with Gasteiger partial charge in [0.05, 0.1) is 19.8 Å². The molecule has 0 spiro atoms. The summed E-state index contributed by atoms with van der Waals surface area (Å²) in [5, 5.41) is 9.20. The highest BCUT2D eigenvalue weighted by Crippen LogP contribution is 2.25. The van der Waals surface area contributed by atoms with Gasteiger partial charge in [0.25, 0.3) is 0 Å². The van der Waals surface area contributed by atoms with E-state index in [1.807, 2.05) is 12.1 Å². The zero-order chi connectivity index (χ0) is 14.4. The van der Waals surface area contributed by atoms with Crippen molar-refractivity contribution in [2.75, 3.05) is 26.8 Å². The number of hydrogen-bond donors (Lipinski definition) is 2. The quantitative estimate of drug-likeness (QED) is 0.865. The summed E-state index contributed by atoms with van der Waals surface area (Å²) in [5.74, 6) is 0.906. The van der Waals surface area contributed by atoms with E-state index in [0.29, 0.717) is 0 Å². The van der Waals surface area contributed by atoms with Crippen molar-refractivity contribution in [2.24, 2.45) is 5.73 Å². The molecule has 1 heterocycles. The highest BCUT2D eigenvalue weighted by atomic mass is 16.5. The normalized spacial score (nSPS) is 18.6. The Hall–Kier alpha value is -1.10. The Labute approximate surface area is 121 Å². The Morgan fingerprint density at radius 2 is 1.95 bits per heavy atom. The van der Waals surface area contributed by atoms with E-state index < -0.39 is 0 Å². The van der Waals surface area contributed by atoms with Crippen molar-refractivity contribution in [1.82, 2.24) is 4.90 Å². The molecule has 0 radical (unpaired) electrons. The van der Waals surface area contributed by atoms with Crippen LogP contribution in [0.15, 0.2) is 18.2 Å². The highest BCUT2D eigenvalue weighted by Gasteiger charge is 2.14. The van der Waals surface area contributed by atoms with Crippen molar-refractivity contribution in [1.29, 1.82) is 0 Å². The third kappa shape index (κ3) is 3.95. The monoisotopic (exact) mass is 278 g/mol. The van der Waals surface area contributed by atoms with E-state index >= 15 is 0 Å². The van der Waals surface area contributed by atoms with Crippen LogP contribution in [0.5, 0.6) is 5.75 Å². The minimum Gasteiger partial charge on any atom is -0.496 e. The zero-order valence-corrected chi connectivity index (χ0v) is 12.3. The van der Waals surface area contributed by atoms with Gasteiger partial charge in [-0.2, -0.15) is 0 Å². The van der Waals surface area contributed by atoms with E-state index in [-0.39, 0.29) is 12.6 Å². The van der Waals surface area contributed by atoms with Crippen LogP contribution in [0.1, 0.15) is 42.9 Å². The van der Waals surface area contributed by atoms with Gasteiger partial charge < -0.3 is 15.6 Å². The Kier molecular flexibility index (Phi) is 5.83. The molecule has 1 atom stereocenters. The van der Waals surface area contributed by atoms with E-state index in [4.69, 9.17) is 10.5 Å². The highest BCUT2D eigenvalue weighted by molar-refractivity contribution is 5.38. The van der Waals surface area contributed by atoms with Crippen LogP contribution in [-0.2, 0) is 6.54 Å². The van der Waals surface area contributed by atoms with E-state index in [0.717, 1.165) is 36.5 Å². The summed E-state index contributed by atoms with van der Waals surface area (Å²) in [6.45, 7) is 3.17. The van der Waals surface area contributed by atoms with Crippen LogP contribution in [0.25, 0.3) is 0 Å². The predicted octanol–water partition coefficient (Wildman–Crippen LogP) is 2.06. The lowest BCUT2D eigenvalue weighted by atomic mass is 10.0. The number of rotatable bonds is 5. The molecule has 1 aliphatic heterocycles. The number of likely N-dealkylation sites (tertiary alicyclic amines) is 1. The molecule has 0 bridgehead atoms. The van der Waals surface area contributed by atoms with Crippen LogP contribution in [0.2, 0.25) is 0 Å². The lowest BCUT2D eigenvalue weighted by Gasteiger charge is -2.22. The summed E-state index contributed by atoms with van der Waals surface area (Å²) in [5.41, 5.74) is 8.04. The molecule has 1 saturated heterocycles. The minimum atomic E-state index is -0.316. The van der Waals surface area contributed by atoms with Crippen LogP contribution in [0.4, 0.5) is 0 Å². The van der Waals surface area contributed by atoms with Gasteiger partial charge in [-0.15, -0.1) is 0 Å². The summed E-state index contributed by atoms with van der Waals surface area (Å²) in [6, 6.07) is 5.65. The molecule has 1 fully saturated rings. The fraction of sp³-hybridized carbons (Fsp3) is 0.625. The van der Waals surface area contributed by atoms with Crippen LogP contribution < -0.4 is 10.5 Å². The summed E-state index contributed by atoms with van der Waals surface area (Å²) in [6.07, 6.45) is 5.22. The van der Waals surface area contributed by atoms with Crippen molar-refractivity contribution in [3.63, 3.8) is 0 Å². The second-order valence-corrected chi connectivity index (χ2v) is 5.55. The Morgan fingerprint density at radius 1 is 1.25 bits per heavy atom. The summed E-state index contributed by atoms with van der Waals surface area (Å²) < 4.78 is 5.46. The van der Waals surface area contributed by atoms with Gasteiger partial charge in [0.1, 0.15) is 5.75 Å². The molecule has 20 heavy (non-hydrogen) atoms. The maximum absolute atomic E-state index is 9.20. The molecular weight excluding hydrogens is 252 g/mol. The summed E-state index contributed by atoms with van der Waals surface area (Å²) in [4.78, 5) is 2.49. The van der Waals surface area contributed by atoms with Crippen molar-refractivity contribution in [3.05, 3.63) is 29.3 Å². The van der Waals surface area contributed by atoms with Gasteiger partial charge in [0.2, 0.25) is 0 Å². The van der Waals surface area contributed by atoms with Gasteiger partial charge in [0.15, 0.2) is 0 Å². The first kappa shape index (κ1) is 15.3. The van der Waals surface area contributed by atoms with Gasteiger partial charge in [0, 0.05) is 12.1 Å². The first-order valence-electron chi connectivity index (χ1n) is 7.50. The van der Waals surface area contributed by atoms with Crippen LogP contribution in [0.3, 0.4) is 0 Å². The molecule has 0 amide bonds. The molecule has 0 unspecified atom stereocenters. The van der Waals surface area contributed by atoms with Gasteiger partial charge in [-0.05, 0) is 43.6 Å². The number of ether oxygens (including phenoxy) is 1. The number of nitrogens with two attached hydrogens (primary N) is 1. The Balaban J connectivity index is 2.14.